The van der Waals surface area contributed by atoms with Crippen molar-refractivity contribution in [3.05, 3.63) is 29.8 Å². The molecule has 0 radical (unpaired) electrons. The predicted molar refractivity (Wildman–Crippen MR) is 92.3 cm³/mol. The predicted octanol–water partition coefficient (Wildman–Crippen LogP) is 1.05. The minimum atomic E-state index is -3.14. The van der Waals surface area contributed by atoms with Crippen LogP contribution in [0.4, 0.5) is 8.78 Å². The Labute approximate surface area is 155 Å². The zero-order valence-electron chi connectivity index (χ0n) is 14.7. The van der Waals surface area contributed by atoms with E-state index in [1.807, 2.05) is 0 Å². The van der Waals surface area contributed by atoms with Gasteiger partial charge in [0, 0.05) is 18.7 Å². The molecule has 1 atom stereocenters. The minimum absolute atomic E-state index is 0.0300. The van der Waals surface area contributed by atoms with E-state index in [4.69, 9.17) is 0 Å². The van der Waals surface area contributed by atoms with E-state index < -0.39 is 33.8 Å². The van der Waals surface area contributed by atoms with E-state index in [1.54, 1.807) is 6.92 Å². The fourth-order valence-corrected chi connectivity index (χ4v) is 5.17. The van der Waals surface area contributed by atoms with Crippen LogP contribution in [-0.2, 0) is 14.6 Å². The van der Waals surface area contributed by atoms with Crippen molar-refractivity contribution in [1.29, 1.82) is 0 Å². The molecule has 148 valence electrons. The van der Waals surface area contributed by atoms with Crippen molar-refractivity contribution in [3.63, 3.8) is 0 Å². The van der Waals surface area contributed by atoms with Crippen LogP contribution in [0, 0.1) is 5.92 Å². The maximum absolute atomic E-state index is 12.4. The van der Waals surface area contributed by atoms with Crippen molar-refractivity contribution in [3.8, 4) is 5.75 Å². The summed E-state index contributed by atoms with van der Waals surface area (Å²) < 4.78 is 51.9. The molecule has 1 aromatic carbocycles. The van der Waals surface area contributed by atoms with Gasteiger partial charge >= 0.3 is 6.61 Å². The van der Waals surface area contributed by atoms with Crippen molar-refractivity contribution < 1.29 is 31.5 Å². The van der Waals surface area contributed by atoms with Crippen LogP contribution in [0.5, 0.6) is 5.75 Å². The second-order valence-electron chi connectivity index (χ2n) is 7.22. The van der Waals surface area contributed by atoms with Gasteiger partial charge in [0.2, 0.25) is 5.91 Å². The first-order valence-corrected chi connectivity index (χ1v) is 10.3. The summed E-state index contributed by atoms with van der Waals surface area (Å²) in [6.07, 6.45) is 0.331. The molecular weight excluding hydrogens is 382 g/mol. The molecular formula is C17H20F2N2O5S. The van der Waals surface area contributed by atoms with Gasteiger partial charge in [-0.1, -0.05) is 6.07 Å². The van der Waals surface area contributed by atoms with E-state index >= 15 is 0 Å². The van der Waals surface area contributed by atoms with Crippen LogP contribution in [0.1, 0.15) is 23.7 Å². The lowest BCUT2D eigenvalue weighted by atomic mass is 9.90. The molecule has 0 aliphatic carbocycles. The number of alkyl halides is 2. The molecule has 1 aromatic rings. The number of carbonyl (C=O) groups is 2. The van der Waals surface area contributed by atoms with Crippen LogP contribution in [0.25, 0.3) is 0 Å². The van der Waals surface area contributed by atoms with Crippen LogP contribution in [-0.4, -0.2) is 61.9 Å². The average Bonchev–Trinajstić information content (AvgIpc) is 2.91. The Kier molecular flexibility index (Phi) is 5.11. The van der Waals surface area contributed by atoms with Gasteiger partial charge in [0.1, 0.15) is 5.75 Å². The molecule has 2 aliphatic heterocycles. The van der Waals surface area contributed by atoms with Gasteiger partial charge < -0.3 is 15.0 Å². The standard InChI is InChI=1S/C17H20F2N2O5S/c1-17(9-21(10-17)15(23)12-5-6-27(24,25)8-12)20-14(22)11-3-2-4-13(7-11)26-16(18)19/h2-4,7,12,16H,5-6,8-10H2,1H3,(H,20,22). The Morgan fingerprint density at radius 3 is 2.63 bits per heavy atom. The lowest BCUT2D eigenvalue weighted by Gasteiger charge is -2.49. The molecule has 1 N–H and O–H groups in total. The molecule has 10 heteroatoms. The molecule has 0 saturated carbocycles. The topological polar surface area (TPSA) is 92.8 Å². The number of carbonyl (C=O) groups excluding carboxylic acids is 2. The molecule has 2 heterocycles. The third-order valence-electron chi connectivity index (χ3n) is 4.71. The SMILES string of the molecule is CC1(NC(=O)c2cccc(OC(F)F)c2)CN(C(=O)C2CCS(=O)(=O)C2)C1. The fourth-order valence-electron chi connectivity index (χ4n) is 3.44. The van der Waals surface area contributed by atoms with Crippen molar-refractivity contribution >= 4 is 21.7 Å². The molecule has 0 spiro atoms. The number of sulfone groups is 1. The van der Waals surface area contributed by atoms with Crippen molar-refractivity contribution in [1.82, 2.24) is 10.2 Å². The number of likely N-dealkylation sites (tertiary alicyclic amines) is 1. The Balaban J connectivity index is 1.56. The number of ether oxygens (including phenoxy) is 1. The summed E-state index contributed by atoms with van der Waals surface area (Å²) in [5.74, 6) is -1.40. The summed E-state index contributed by atoms with van der Waals surface area (Å²) in [4.78, 5) is 26.3. The molecule has 1 unspecified atom stereocenters. The molecule has 0 bridgehead atoms. The summed E-state index contributed by atoms with van der Waals surface area (Å²) in [5.41, 5.74) is -0.495. The first kappa shape index (κ1) is 19.5. The summed E-state index contributed by atoms with van der Waals surface area (Å²) >= 11 is 0. The number of nitrogens with zero attached hydrogens (tertiary/aromatic N) is 1. The van der Waals surface area contributed by atoms with E-state index in [2.05, 4.69) is 10.1 Å². The number of hydrogen-bond donors (Lipinski definition) is 1. The molecule has 2 aliphatic rings. The minimum Gasteiger partial charge on any atom is -0.435 e. The summed E-state index contributed by atoms with van der Waals surface area (Å²) in [6.45, 7) is -0.686. The van der Waals surface area contributed by atoms with Gasteiger partial charge in [-0.05, 0) is 31.5 Å². The van der Waals surface area contributed by atoms with Gasteiger partial charge in [0.05, 0.1) is 23.0 Å². The third-order valence-corrected chi connectivity index (χ3v) is 6.48. The third kappa shape index (κ3) is 4.55. The fraction of sp³-hybridized carbons (Fsp3) is 0.529. The van der Waals surface area contributed by atoms with Gasteiger partial charge in [-0.15, -0.1) is 0 Å². The Hall–Kier alpha value is -2.23. The number of hydrogen-bond acceptors (Lipinski definition) is 5. The largest absolute Gasteiger partial charge is 0.435 e. The zero-order valence-corrected chi connectivity index (χ0v) is 15.5. The van der Waals surface area contributed by atoms with Crippen LogP contribution >= 0.6 is 0 Å². The molecule has 2 fully saturated rings. The molecule has 2 saturated heterocycles. The van der Waals surface area contributed by atoms with Crippen LogP contribution in [0.2, 0.25) is 0 Å². The number of benzene rings is 1. The number of rotatable bonds is 5. The molecule has 27 heavy (non-hydrogen) atoms. The molecule has 7 nitrogen and oxygen atoms in total. The number of halogens is 2. The van der Waals surface area contributed by atoms with E-state index in [9.17, 15) is 26.8 Å². The van der Waals surface area contributed by atoms with E-state index in [0.717, 1.165) is 0 Å². The van der Waals surface area contributed by atoms with Gasteiger partial charge in [-0.3, -0.25) is 9.59 Å². The quantitative estimate of drug-likeness (QED) is 0.795. The van der Waals surface area contributed by atoms with Gasteiger partial charge in [0.25, 0.3) is 5.91 Å². The van der Waals surface area contributed by atoms with Crippen molar-refractivity contribution in [2.75, 3.05) is 24.6 Å². The van der Waals surface area contributed by atoms with Gasteiger partial charge in [-0.25, -0.2) is 8.42 Å². The van der Waals surface area contributed by atoms with Crippen molar-refractivity contribution in [2.24, 2.45) is 5.92 Å². The highest BCUT2D eigenvalue weighted by Crippen LogP contribution is 2.27. The monoisotopic (exact) mass is 402 g/mol. The molecule has 3 rings (SSSR count). The normalized spacial score (nSPS) is 23.0. The molecule has 0 aromatic heterocycles. The number of nitrogens with one attached hydrogen (secondary N) is 1. The maximum atomic E-state index is 12.4. The Morgan fingerprint density at radius 1 is 1.33 bits per heavy atom. The smallest absolute Gasteiger partial charge is 0.387 e. The van der Waals surface area contributed by atoms with E-state index in [1.165, 1.54) is 29.2 Å². The average molecular weight is 402 g/mol. The van der Waals surface area contributed by atoms with Crippen LogP contribution in [0.3, 0.4) is 0 Å². The lowest BCUT2D eigenvalue weighted by Crippen LogP contribution is -2.70. The zero-order chi connectivity index (χ0) is 19.8. The van der Waals surface area contributed by atoms with E-state index in [0.29, 0.717) is 6.42 Å². The summed E-state index contributed by atoms with van der Waals surface area (Å²) in [7, 11) is -3.14. The second-order valence-corrected chi connectivity index (χ2v) is 9.44. The van der Waals surface area contributed by atoms with Crippen LogP contribution < -0.4 is 10.1 Å². The highest BCUT2D eigenvalue weighted by Gasteiger charge is 2.46. The Bertz CT molecular complexity index is 853. The van der Waals surface area contributed by atoms with Gasteiger partial charge in [0.15, 0.2) is 9.84 Å². The van der Waals surface area contributed by atoms with Gasteiger partial charge in [-0.2, -0.15) is 8.78 Å². The first-order chi connectivity index (χ1) is 12.6. The van der Waals surface area contributed by atoms with Crippen molar-refractivity contribution in [2.45, 2.75) is 25.5 Å². The second kappa shape index (κ2) is 7.06. The first-order valence-electron chi connectivity index (χ1n) is 8.43. The summed E-state index contributed by atoms with van der Waals surface area (Å²) in [5, 5.41) is 2.79. The highest BCUT2D eigenvalue weighted by molar-refractivity contribution is 7.91. The summed E-state index contributed by atoms with van der Waals surface area (Å²) in [6, 6.07) is 5.45. The highest BCUT2D eigenvalue weighted by atomic mass is 32.2. The van der Waals surface area contributed by atoms with Crippen LogP contribution in [0.15, 0.2) is 24.3 Å². The maximum Gasteiger partial charge on any atom is 0.387 e. The number of amides is 2. The molecule has 2 amide bonds. The van der Waals surface area contributed by atoms with E-state index in [-0.39, 0.29) is 41.8 Å². The Morgan fingerprint density at radius 2 is 2.04 bits per heavy atom. The lowest BCUT2D eigenvalue weighted by molar-refractivity contribution is -0.142.